The van der Waals surface area contributed by atoms with E-state index in [1.807, 2.05) is 0 Å². The standard InChI is InChI=1S/C13H21NOS/c1-3-14(8-9-15-10-11-16)13-7-5-4-6-12(13)2/h4-7,16H,3,8-11H2,1-2H3. The number of rotatable bonds is 7. The molecule has 0 radical (unpaired) electrons. The van der Waals surface area contributed by atoms with Gasteiger partial charge in [-0.25, -0.2) is 0 Å². The number of hydrogen-bond donors (Lipinski definition) is 1. The van der Waals surface area contributed by atoms with Gasteiger partial charge in [0, 0.05) is 24.5 Å². The van der Waals surface area contributed by atoms with E-state index in [1.54, 1.807) is 0 Å². The Labute approximate surface area is 104 Å². The fraction of sp³-hybridized carbons (Fsp3) is 0.538. The van der Waals surface area contributed by atoms with Crippen LogP contribution in [0.2, 0.25) is 0 Å². The second-order valence-electron chi connectivity index (χ2n) is 3.70. The van der Waals surface area contributed by atoms with Gasteiger partial charge in [-0.1, -0.05) is 18.2 Å². The predicted octanol–water partition coefficient (Wildman–Crippen LogP) is 2.77. The first kappa shape index (κ1) is 13.4. The molecule has 0 saturated carbocycles. The maximum atomic E-state index is 5.46. The first-order chi connectivity index (χ1) is 7.79. The van der Waals surface area contributed by atoms with Crippen molar-refractivity contribution in [1.82, 2.24) is 0 Å². The summed E-state index contributed by atoms with van der Waals surface area (Å²) in [6, 6.07) is 8.47. The van der Waals surface area contributed by atoms with Gasteiger partial charge in [0.2, 0.25) is 0 Å². The van der Waals surface area contributed by atoms with Crippen LogP contribution in [0.3, 0.4) is 0 Å². The summed E-state index contributed by atoms with van der Waals surface area (Å²) in [7, 11) is 0. The molecular formula is C13H21NOS. The zero-order valence-electron chi connectivity index (χ0n) is 10.1. The fourth-order valence-electron chi connectivity index (χ4n) is 1.71. The minimum Gasteiger partial charge on any atom is -0.379 e. The fourth-order valence-corrected chi connectivity index (χ4v) is 1.84. The Morgan fingerprint density at radius 2 is 2.00 bits per heavy atom. The van der Waals surface area contributed by atoms with Crippen LogP contribution in [0.25, 0.3) is 0 Å². The summed E-state index contributed by atoms with van der Waals surface area (Å²) in [4.78, 5) is 2.34. The molecule has 0 N–H and O–H groups in total. The molecule has 0 aliphatic rings. The monoisotopic (exact) mass is 239 g/mol. The lowest BCUT2D eigenvalue weighted by Gasteiger charge is -2.24. The molecule has 0 unspecified atom stereocenters. The van der Waals surface area contributed by atoms with Crippen molar-refractivity contribution in [2.45, 2.75) is 13.8 Å². The van der Waals surface area contributed by atoms with Gasteiger partial charge in [-0.3, -0.25) is 0 Å². The number of para-hydroxylation sites is 1. The SMILES string of the molecule is CCN(CCOCCS)c1ccccc1C. The minimum atomic E-state index is 0.731. The van der Waals surface area contributed by atoms with Gasteiger partial charge in [0.05, 0.1) is 13.2 Å². The molecular weight excluding hydrogens is 218 g/mol. The Balaban J connectivity index is 2.51. The van der Waals surface area contributed by atoms with Crippen LogP contribution in [0.15, 0.2) is 24.3 Å². The lowest BCUT2D eigenvalue weighted by Crippen LogP contribution is -2.27. The Morgan fingerprint density at radius 1 is 1.25 bits per heavy atom. The van der Waals surface area contributed by atoms with Crippen molar-refractivity contribution < 1.29 is 4.74 Å². The second-order valence-corrected chi connectivity index (χ2v) is 4.15. The van der Waals surface area contributed by atoms with Gasteiger partial charge >= 0.3 is 0 Å². The highest BCUT2D eigenvalue weighted by Gasteiger charge is 2.05. The number of likely N-dealkylation sites (N-methyl/N-ethyl adjacent to an activating group) is 1. The van der Waals surface area contributed by atoms with Crippen LogP contribution in [0.5, 0.6) is 0 Å². The highest BCUT2D eigenvalue weighted by molar-refractivity contribution is 7.80. The van der Waals surface area contributed by atoms with Crippen molar-refractivity contribution >= 4 is 18.3 Å². The minimum absolute atomic E-state index is 0.731. The summed E-state index contributed by atoms with van der Waals surface area (Å²) < 4.78 is 5.46. The number of hydrogen-bond acceptors (Lipinski definition) is 3. The molecule has 0 aromatic heterocycles. The third kappa shape index (κ3) is 4.06. The van der Waals surface area contributed by atoms with Gasteiger partial charge in [0.15, 0.2) is 0 Å². The number of nitrogens with zero attached hydrogens (tertiary/aromatic N) is 1. The predicted molar refractivity (Wildman–Crippen MR) is 73.7 cm³/mol. The van der Waals surface area contributed by atoms with Gasteiger partial charge in [-0.05, 0) is 25.5 Å². The van der Waals surface area contributed by atoms with E-state index in [-0.39, 0.29) is 0 Å². The van der Waals surface area contributed by atoms with Crippen LogP contribution in [0.1, 0.15) is 12.5 Å². The molecule has 0 aliphatic heterocycles. The van der Waals surface area contributed by atoms with Crippen LogP contribution in [0, 0.1) is 6.92 Å². The van der Waals surface area contributed by atoms with Crippen LogP contribution >= 0.6 is 12.6 Å². The van der Waals surface area contributed by atoms with Gasteiger partial charge < -0.3 is 9.64 Å². The Bertz CT molecular complexity index is 304. The Morgan fingerprint density at radius 3 is 2.62 bits per heavy atom. The van der Waals surface area contributed by atoms with Crippen molar-refractivity contribution in [3.8, 4) is 0 Å². The van der Waals surface area contributed by atoms with Crippen LogP contribution in [-0.4, -0.2) is 32.1 Å². The zero-order valence-corrected chi connectivity index (χ0v) is 11.0. The molecule has 0 saturated heterocycles. The summed E-state index contributed by atoms with van der Waals surface area (Å²) in [5.74, 6) is 0.788. The summed E-state index contributed by atoms with van der Waals surface area (Å²) in [6.07, 6.45) is 0. The summed E-state index contributed by atoms with van der Waals surface area (Å²) in [5, 5.41) is 0. The second kappa shape index (κ2) is 7.58. The quantitative estimate of drug-likeness (QED) is 0.580. The van der Waals surface area contributed by atoms with E-state index >= 15 is 0 Å². The number of benzene rings is 1. The van der Waals surface area contributed by atoms with E-state index in [0.29, 0.717) is 0 Å². The topological polar surface area (TPSA) is 12.5 Å². The Kier molecular flexibility index (Phi) is 6.34. The lowest BCUT2D eigenvalue weighted by atomic mass is 10.2. The molecule has 1 rings (SSSR count). The average Bonchev–Trinajstić information content (AvgIpc) is 2.31. The summed E-state index contributed by atoms with van der Waals surface area (Å²) in [5.41, 5.74) is 2.62. The van der Waals surface area contributed by atoms with Gasteiger partial charge in [0.1, 0.15) is 0 Å². The molecule has 1 aromatic carbocycles. The highest BCUT2D eigenvalue weighted by Crippen LogP contribution is 2.18. The Hall–Kier alpha value is -0.670. The van der Waals surface area contributed by atoms with E-state index in [0.717, 1.165) is 32.1 Å². The van der Waals surface area contributed by atoms with Gasteiger partial charge in [0.25, 0.3) is 0 Å². The molecule has 3 heteroatoms. The number of thiol groups is 1. The van der Waals surface area contributed by atoms with Crippen LogP contribution < -0.4 is 4.90 Å². The third-order valence-corrected chi connectivity index (χ3v) is 2.76. The largest absolute Gasteiger partial charge is 0.379 e. The number of aryl methyl sites for hydroxylation is 1. The molecule has 1 aromatic rings. The van der Waals surface area contributed by atoms with Gasteiger partial charge in [-0.2, -0.15) is 12.6 Å². The van der Waals surface area contributed by atoms with E-state index in [9.17, 15) is 0 Å². The molecule has 0 fully saturated rings. The first-order valence-corrected chi connectivity index (χ1v) is 6.42. The average molecular weight is 239 g/mol. The molecule has 2 nitrogen and oxygen atoms in total. The maximum Gasteiger partial charge on any atom is 0.0642 e. The smallest absolute Gasteiger partial charge is 0.0642 e. The van der Waals surface area contributed by atoms with Crippen molar-refractivity contribution in [2.75, 3.05) is 37.0 Å². The highest BCUT2D eigenvalue weighted by atomic mass is 32.1. The first-order valence-electron chi connectivity index (χ1n) is 5.78. The van der Waals surface area contributed by atoms with Gasteiger partial charge in [-0.15, -0.1) is 0 Å². The van der Waals surface area contributed by atoms with Crippen molar-refractivity contribution in [1.29, 1.82) is 0 Å². The van der Waals surface area contributed by atoms with E-state index in [4.69, 9.17) is 4.74 Å². The number of anilines is 1. The van der Waals surface area contributed by atoms with Crippen molar-refractivity contribution in [2.24, 2.45) is 0 Å². The zero-order chi connectivity index (χ0) is 11.8. The molecule has 0 atom stereocenters. The molecule has 90 valence electrons. The van der Waals surface area contributed by atoms with E-state index < -0.39 is 0 Å². The normalized spacial score (nSPS) is 10.4. The van der Waals surface area contributed by atoms with Crippen molar-refractivity contribution in [3.63, 3.8) is 0 Å². The molecule has 0 spiro atoms. The molecule has 16 heavy (non-hydrogen) atoms. The summed E-state index contributed by atoms with van der Waals surface area (Å²) >= 11 is 4.12. The molecule has 0 aliphatic carbocycles. The van der Waals surface area contributed by atoms with Crippen LogP contribution in [0.4, 0.5) is 5.69 Å². The van der Waals surface area contributed by atoms with Crippen LogP contribution in [-0.2, 0) is 4.74 Å². The lowest BCUT2D eigenvalue weighted by molar-refractivity contribution is 0.156. The van der Waals surface area contributed by atoms with Crippen molar-refractivity contribution in [3.05, 3.63) is 29.8 Å². The molecule has 0 amide bonds. The maximum absolute atomic E-state index is 5.46. The third-order valence-electron chi connectivity index (χ3n) is 2.58. The summed E-state index contributed by atoms with van der Waals surface area (Å²) in [6.45, 7) is 7.76. The van der Waals surface area contributed by atoms with E-state index in [2.05, 4.69) is 55.6 Å². The van der Waals surface area contributed by atoms with E-state index in [1.165, 1.54) is 11.3 Å². The molecule has 0 bridgehead atoms. The molecule has 0 heterocycles. The number of ether oxygens (including phenoxy) is 1.